The Morgan fingerprint density at radius 2 is 1.88 bits per heavy atom. The van der Waals surface area contributed by atoms with Crippen molar-refractivity contribution in [3.05, 3.63) is 30.3 Å². The van der Waals surface area contributed by atoms with Gasteiger partial charge in [0, 0.05) is 44.6 Å². The second kappa shape index (κ2) is 9.27. The van der Waals surface area contributed by atoms with E-state index in [4.69, 9.17) is 4.74 Å². The number of ether oxygens (including phenoxy) is 1. The van der Waals surface area contributed by atoms with E-state index in [9.17, 15) is 9.59 Å². The first-order chi connectivity index (χ1) is 12.1. The van der Waals surface area contributed by atoms with Gasteiger partial charge in [-0.1, -0.05) is 18.2 Å². The van der Waals surface area contributed by atoms with Gasteiger partial charge in [0.05, 0.1) is 0 Å². The van der Waals surface area contributed by atoms with Crippen LogP contribution in [-0.2, 0) is 4.74 Å². The molecule has 25 heavy (non-hydrogen) atoms. The van der Waals surface area contributed by atoms with E-state index in [1.165, 1.54) is 0 Å². The lowest BCUT2D eigenvalue weighted by molar-refractivity contribution is 0.108. The van der Waals surface area contributed by atoms with E-state index in [2.05, 4.69) is 16.0 Å². The number of hydrogen-bond donors (Lipinski definition) is 3. The standard InChI is InChI=1S/C18H28N4O3/c1-3-19-17(24)22-12-9-18(10-13-22,11-14-25-2)21-16(23)20-15-7-5-4-6-8-15/h4-8H,3,9-14H2,1-2H3,(H,19,24)(H2,20,21,23). The van der Waals surface area contributed by atoms with E-state index in [-0.39, 0.29) is 17.6 Å². The molecule has 0 aliphatic carbocycles. The summed E-state index contributed by atoms with van der Waals surface area (Å²) in [4.78, 5) is 26.2. The predicted molar refractivity (Wildman–Crippen MR) is 97.7 cm³/mol. The summed E-state index contributed by atoms with van der Waals surface area (Å²) in [5, 5.41) is 8.80. The number of likely N-dealkylation sites (tertiary alicyclic amines) is 1. The Morgan fingerprint density at radius 1 is 1.20 bits per heavy atom. The van der Waals surface area contributed by atoms with E-state index in [0.29, 0.717) is 39.1 Å². The maximum absolute atomic E-state index is 12.4. The molecule has 7 heteroatoms. The van der Waals surface area contributed by atoms with Crippen molar-refractivity contribution < 1.29 is 14.3 Å². The summed E-state index contributed by atoms with van der Waals surface area (Å²) in [6.07, 6.45) is 2.13. The molecule has 0 spiro atoms. The first-order valence-electron chi connectivity index (χ1n) is 8.74. The third-order valence-electron chi connectivity index (χ3n) is 4.53. The van der Waals surface area contributed by atoms with Crippen molar-refractivity contribution >= 4 is 17.7 Å². The molecular weight excluding hydrogens is 320 g/mol. The molecule has 2 rings (SSSR count). The SMILES string of the molecule is CCNC(=O)N1CCC(CCOC)(NC(=O)Nc2ccccc2)CC1. The summed E-state index contributed by atoms with van der Waals surface area (Å²) in [5.74, 6) is 0. The number of nitrogens with zero attached hydrogens (tertiary/aromatic N) is 1. The lowest BCUT2D eigenvalue weighted by atomic mass is 9.84. The Labute approximate surface area is 149 Å². The third kappa shape index (κ3) is 5.63. The number of carbonyl (C=O) groups is 2. The Hall–Kier alpha value is -2.28. The van der Waals surface area contributed by atoms with Crippen LogP contribution in [0.1, 0.15) is 26.2 Å². The molecule has 3 N–H and O–H groups in total. The topological polar surface area (TPSA) is 82.7 Å². The number of anilines is 1. The number of piperidine rings is 1. The van der Waals surface area contributed by atoms with Gasteiger partial charge in [-0.25, -0.2) is 9.59 Å². The van der Waals surface area contributed by atoms with Crippen LogP contribution in [0, 0.1) is 0 Å². The van der Waals surface area contributed by atoms with Gasteiger partial charge in [-0.2, -0.15) is 0 Å². The van der Waals surface area contributed by atoms with Crippen molar-refractivity contribution in [3.63, 3.8) is 0 Å². The Balaban J connectivity index is 1.96. The van der Waals surface area contributed by atoms with Crippen molar-refractivity contribution in [2.45, 2.75) is 31.7 Å². The summed E-state index contributed by atoms with van der Waals surface area (Å²) in [6, 6.07) is 9.08. The predicted octanol–water partition coefficient (Wildman–Crippen LogP) is 2.41. The zero-order valence-corrected chi connectivity index (χ0v) is 15.0. The van der Waals surface area contributed by atoms with Crippen LogP contribution in [0.2, 0.25) is 0 Å². The normalized spacial score (nSPS) is 16.2. The molecule has 1 heterocycles. The highest BCUT2D eigenvalue weighted by Crippen LogP contribution is 2.26. The van der Waals surface area contributed by atoms with Gasteiger partial charge in [-0.05, 0) is 38.3 Å². The quantitative estimate of drug-likeness (QED) is 0.738. The van der Waals surface area contributed by atoms with Gasteiger partial charge in [0.25, 0.3) is 0 Å². The summed E-state index contributed by atoms with van der Waals surface area (Å²) in [7, 11) is 1.65. The number of amides is 4. The number of benzene rings is 1. The molecule has 1 aliphatic rings. The molecule has 0 bridgehead atoms. The van der Waals surface area contributed by atoms with Crippen LogP contribution < -0.4 is 16.0 Å². The van der Waals surface area contributed by atoms with E-state index in [1.54, 1.807) is 12.0 Å². The van der Waals surface area contributed by atoms with Crippen LogP contribution >= 0.6 is 0 Å². The smallest absolute Gasteiger partial charge is 0.319 e. The van der Waals surface area contributed by atoms with E-state index < -0.39 is 0 Å². The van der Waals surface area contributed by atoms with Gasteiger partial charge in [0.15, 0.2) is 0 Å². The maximum atomic E-state index is 12.4. The zero-order chi connectivity index (χ0) is 18.1. The van der Waals surface area contributed by atoms with Gasteiger partial charge in [-0.15, -0.1) is 0 Å². The van der Waals surface area contributed by atoms with E-state index in [0.717, 1.165) is 12.1 Å². The highest BCUT2D eigenvalue weighted by Gasteiger charge is 2.37. The number of methoxy groups -OCH3 is 1. The average Bonchev–Trinajstić information content (AvgIpc) is 2.61. The van der Waals surface area contributed by atoms with Crippen LogP contribution in [0.4, 0.5) is 15.3 Å². The highest BCUT2D eigenvalue weighted by atomic mass is 16.5. The van der Waals surface area contributed by atoms with Gasteiger partial charge in [-0.3, -0.25) is 0 Å². The van der Waals surface area contributed by atoms with Crippen molar-refractivity contribution in [1.82, 2.24) is 15.5 Å². The summed E-state index contributed by atoms with van der Waals surface area (Å²) in [5.41, 5.74) is 0.388. The third-order valence-corrected chi connectivity index (χ3v) is 4.53. The molecule has 7 nitrogen and oxygen atoms in total. The molecule has 1 aromatic carbocycles. The average molecular weight is 348 g/mol. The second-order valence-corrected chi connectivity index (χ2v) is 6.29. The van der Waals surface area contributed by atoms with Crippen molar-refractivity contribution in [2.24, 2.45) is 0 Å². The first-order valence-corrected chi connectivity index (χ1v) is 8.74. The molecule has 0 unspecified atom stereocenters. The second-order valence-electron chi connectivity index (χ2n) is 6.29. The first kappa shape index (κ1) is 19.1. The van der Waals surface area contributed by atoms with Crippen molar-refractivity contribution in [1.29, 1.82) is 0 Å². The summed E-state index contributed by atoms with van der Waals surface area (Å²) in [6.45, 7) is 4.30. The van der Waals surface area contributed by atoms with Crippen LogP contribution in [0.3, 0.4) is 0 Å². The maximum Gasteiger partial charge on any atom is 0.319 e. The van der Waals surface area contributed by atoms with E-state index >= 15 is 0 Å². The molecule has 0 atom stereocenters. The van der Waals surface area contributed by atoms with Crippen LogP contribution in [0.25, 0.3) is 0 Å². The van der Waals surface area contributed by atoms with Gasteiger partial charge >= 0.3 is 12.1 Å². The fourth-order valence-corrected chi connectivity index (χ4v) is 3.06. The number of para-hydroxylation sites is 1. The Kier molecular flexibility index (Phi) is 7.06. The molecule has 1 saturated heterocycles. The lowest BCUT2D eigenvalue weighted by Crippen LogP contribution is -2.58. The van der Waals surface area contributed by atoms with Gasteiger partial charge in [0.1, 0.15) is 0 Å². The molecule has 1 aromatic rings. The van der Waals surface area contributed by atoms with E-state index in [1.807, 2.05) is 37.3 Å². The number of urea groups is 2. The fraction of sp³-hybridized carbons (Fsp3) is 0.556. The van der Waals surface area contributed by atoms with Gasteiger partial charge in [0.2, 0.25) is 0 Å². The van der Waals surface area contributed by atoms with Crippen LogP contribution in [0.5, 0.6) is 0 Å². The minimum Gasteiger partial charge on any atom is -0.385 e. The monoisotopic (exact) mass is 348 g/mol. The highest BCUT2D eigenvalue weighted by molar-refractivity contribution is 5.89. The van der Waals surface area contributed by atoms with Crippen molar-refractivity contribution in [2.75, 3.05) is 38.7 Å². The van der Waals surface area contributed by atoms with Crippen LogP contribution in [0.15, 0.2) is 30.3 Å². The molecule has 1 fully saturated rings. The Bertz CT molecular complexity index is 557. The molecule has 0 radical (unpaired) electrons. The summed E-state index contributed by atoms with van der Waals surface area (Å²) >= 11 is 0. The Morgan fingerprint density at radius 3 is 2.48 bits per heavy atom. The number of nitrogens with one attached hydrogen (secondary N) is 3. The summed E-state index contributed by atoms with van der Waals surface area (Å²) < 4.78 is 5.22. The minimum atomic E-state index is -0.363. The number of rotatable bonds is 6. The van der Waals surface area contributed by atoms with Crippen molar-refractivity contribution in [3.8, 4) is 0 Å². The van der Waals surface area contributed by atoms with Gasteiger partial charge < -0.3 is 25.6 Å². The molecule has 0 aromatic heterocycles. The molecule has 138 valence electrons. The largest absolute Gasteiger partial charge is 0.385 e. The fourth-order valence-electron chi connectivity index (χ4n) is 3.06. The minimum absolute atomic E-state index is 0.0448. The zero-order valence-electron chi connectivity index (χ0n) is 15.0. The molecule has 0 saturated carbocycles. The molecule has 1 aliphatic heterocycles. The number of carbonyl (C=O) groups excluding carboxylic acids is 2. The molecular formula is C18H28N4O3. The molecule has 4 amide bonds. The lowest BCUT2D eigenvalue weighted by Gasteiger charge is -2.42. The van der Waals surface area contributed by atoms with Crippen LogP contribution in [-0.4, -0.2) is 55.9 Å². The number of hydrogen-bond acceptors (Lipinski definition) is 3.